The molecule has 2 aromatic rings. The Labute approximate surface area is 157 Å². The minimum absolute atomic E-state index is 0.0186. The van der Waals surface area contributed by atoms with E-state index < -0.39 is 0 Å². The summed E-state index contributed by atoms with van der Waals surface area (Å²) in [5.41, 5.74) is 3.48. The van der Waals surface area contributed by atoms with E-state index in [1.165, 1.54) is 5.56 Å². The average Bonchev–Trinajstić information content (AvgIpc) is 2.57. The lowest BCUT2D eigenvalue weighted by Crippen LogP contribution is -2.29. The lowest BCUT2D eigenvalue weighted by molar-refractivity contribution is -0.123. The van der Waals surface area contributed by atoms with Gasteiger partial charge in [-0.2, -0.15) is 0 Å². The quantitative estimate of drug-likeness (QED) is 0.823. The van der Waals surface area contributed by atoms with Gasteiger partial charge in [-0.25, -0.2) is 0 Å². The minimum Gasteiger partial charge on any atom is -0.483 e. The molecule has 0 radical (unpaired) electrons. The molecule has 0 aliphatic heterocycles. The first kappa shape index (κ1) is 20.0. The van der Waals surface area contributed by atoms with Crippen LogP contribution in [0.15, 0.2) is 48.5 Å². The maximum Gasteiger partial charge on any atom is 0.258 e. The van der Waals surface area contributed by atoms with E-state index in [0.29, 0.717) is 6.54 Å². The van der Waals surface area contributed by atoms with Gasteiger partial charge in [-0.3, -0.25) is 4.79 Å². The summed E-state index contributed by atoms with van der Waals surface area (Å²) in [7, 11) is 0. The third-order valence-electron chi connectivity index (χ3n) is 4.34. The van der Waals surface area contributed by atoms with Crippen LogP contribution in [0.2, 0.25) is 0 Å². The van der Waals surface area contributed by atoms with Gasteiger partial charge in [0.25, 0.3) is 5.91 Å². The summed E-state index contributed by atoms with van der Waals surface area (Å²) in [5.74, 6) is 0.661. The normalized spacial score (nSPS) is 11.9. The maximum absolute atomic E-state index is 12.1. The van der Waals surface area contributed by atoms with Crippen molar-refractivity contribution >= 4 is 5.91 Å². The van der Waals surface area contributed by atoms with Crippen LogP contribution < -0.4 is 10.1 Å². The van der Waals surface area contributed by atoms with Crippen molar-refractivity contribution in [3.8, 4) is 5.75 Å². The molecule has 0 unspecified atom stereocenters. The number of rotatable bonds is 5. The SMILES string of the molecule is CC(C)(C)c1ccc(OCC(=O)NCc2ccccc2)c(C(C)(C)C)c1. The summed E-state index contributed by atoms with van der Waals surface area (Å²) in [6, 6.07) is 16.2. The van der Waals surface area contributed by atoms with Crippen LogP contribution in [0.25, 0.3) is 0 Å². The lowest BCUT2D eigenvalue weighted by Gasteiger charge is -2.27. The van der Waals surface area contributed by atoms with Crippen molar-refractivity contribution in [2.24, 2.45) is 0 Å². The Morgan fingerprint density at radius 2 is 1.58 bits per heavy atom. The van der Waals surface area contributed by atoms with Gasteiger partial charge in [0.05, 0.1) is 0 Å². The molecular weight excluding hydrogens is 322 g/mol. The molecular formula is C23H31NO2. The van der Waals surface area contributed by atoms with Gasteiger partial charge in [-0.1, -0.05) is 84.0 Å². The largest absolute Gasteiger partial charge is 0.483 e. The monoisotopic (exact) mass is 353 g/mol. The molecule has 0 aliphatic rings. The van der Waals surface area contributed by atoms with E-state index >= 15 is 0 Å². The van der Waals surface area contributed by atoms with Crippen molar-refractivity contribution < 1.29 is 9.53 Å². The molecule has 3 heteroatoms. The number of nitrogens with one attached hydrogen (secondary N) is 1. The summed E-state index contributed by atoms with van der Waals surface area (Å²) in [4.78, 5) is 12.1. The Kier molecular flexibility index (Phi) is 6.12. The van der Waals surface area contributed by atoms with Gasteiger partial charge < -0.3 is 10.1 Å². The lowest BCUT2D eigenvalue weighted by atomic mass is 9.80. The zero-order chi connectivity index (χ0) is 19.4. The molecule has 140 valence electrons. The third-order valence-corrected chi connectivity index (χ3v) is 4.34. The average molecular weight is 354 g/mol. The van der Waals surface area contributed by atoms with Crippen LogP contribution in [0.5, 0.6) is 5.75 Å². The number of ether oxygens (including phenoxy) is 1. The molecule has 0 atom stereocenters. The van der Waals surface area contributed by atoms with Gasteiger partial charge in [0.15, 0.2) is 6.61 Å². The van der Waals surface area contributed by atoms with Gasteiger partial charge in [0.1, 0.15) is 5.75 Å². The Bertz CT molecular complexity index is 737. The number of amides is 1. The molecule has 0 bridgehead atoms. The Balaban J connectivity index is 2.05. The highest BCUT2D eigenvalue weighted by molar-refractivity contribution is 5.77. The van der Waals surface area contributed by atoms with Crippen molar-refractivity contribution in [3.05, 3.63) is 65.2 Å². The molecule has 0 aliphatic carbocycles. The van der Waals surface area contributed by atoms with Crippen molar-refractivity contribution in [1.29, 1.82) is 0 Å². The van der Waals surface area contributed by atoms with Crippen LogP contribution in [0.3, 0.4) is 0 Å². The highest BCUT2D eigenvalue weighted by Gasteiger charge is 2.23. The molecule has 1 N–H and O–H groups in total. The molecule has 0 aromatic heterocycles. The molecule has 0 heterocycles. The number of carbonyl (C=O) groups excluding carboxylic acids is 1. The van der Waals surface area contributed by atoms with Crippen LogP contribution in [-0.2, 0) is 22.2 Å². The fraction of sp³-hybridized carbons (Fsp3) is 0.435. The van der Waals surface area contributed by atoms with Gasteiger partial charge in [0.2, 0.25) is 0 Å². The number of hydrogen-bond donors (Lipinski definition) is 1. The smallest absolute Gasteiger partial charge is 0.258 e. The zero-order valence-electron chi connectivity index (χ0n) is 16.8. The van der Waals surface area contributed by atoms with E-state index in [0.717, 1.165) is 16.9 Å². The number of carbonyl (C=O) groups is 1. The van der Waals surface area contributed by atoms with E-state index in [9.17, 15) is 4.79 Å². The second kappa shape index (κ2) is 7.94. The Hall–Kier alpha value is -2.29. The predicted molar refractivity (Wildman–Crippen MR) is 108 cm³/mol. The summed E-state index contributed by atoms with van der Waals surface area (Å²) in [6.45, 7) is 13.6. The van der Waals surface area contributed by atoms with Crippen LogP contribution in [0.4, 0.5) is 0 Å². The molecule has 26 heavy (non-hydrogen) atoms. The van der Waals surface area contributed by atoms with Gasteiger partial charge in [0, 0.05) is 6.54 Å². The second-order valence-corrected chi connectivity index (χ2v) is 8.76. The molecule has 3 nitrogen and oxygen atoms in total. The van der Waals surface area contributed by atoms with Crippen LogP contribution in [0, 0.1) is 0 Å². The topological polar surface area (TPSA) is 38.3 Å². The van der Waals surface area contributed by atoms with Crippen molar-refractivity contribution in [2.45, 2.75) is 58.9 Å². The molecule has 0 fully saturated rings. The molecule has 2 rings (SSSR count). The Morgan fingerprint density at radius 3 is 2.15 bits per heavy atom. The van der Waals surface area contributed by atoms with Gasteiger partial charge in [-0.15, -0.1) is 0 Å². The Morgan fingerprint density at radius 1 is 0.923 bits per heavy atom. The van der Waals surface area contributed by atoms with Gasteiger partial charge in [-0.05, 0) is 33.6 Å². The third kappa shape index (κ3) is 5.62. The van der Waals surface area contributed by atoms with Crippen LogP contribution >= 0.6 is 0 Å². The first-order chi connectivity index (χ1) is 12.1. The van der Waals surface area contributed by atoms with Crippen LogP contribution in [-0.4, -0.2) is 12.5 Å². The van der Waals surface area contributed by atoms with Crippen molar-refractivity contribution in [2.75, 3.05) is 6.61 Å². The fourth-order valence-electron chi connectivity index (χ4n) is 2.70. The van der Waals surface area contributed by atoms with E-state index in [2.05, 4.69) is 59.0 Å². The van der Waals surface area contributed by atoms with Gasteiger partial charge >= 0.3 is 0 Å². The van der Waals surface area contributed by atoms with Crippen molar-refractivity contribution in [1.82, 2.24) is 5.32 Å². The first-order valence-corrected chi connectivity index (χ1v) is 9.16. The van der Waals surface area contributed by atoms with E-state index in [4.69, 9.17) is 4.74 Å². The molecule has 0 saturated carbocycles. The van der Waals surface area contributed by atoms with E-state index in [-0.39, 0.29) is 23.3 Å². The van der Waals surface area contributed by atoms with Crippen molar-refractivity contribution in [3.63, 3.8) is 0 Å². The van der Waals surface area contributed by atoms with E-state index in [1.807, 2.05) is 36.4 Å². The predicted octanol–water partition coefficient (Wildman–Crippen LogP) is 4.98. The van der Waals surface area contributed by atoms with E-state index in [1.54, 1.807) is 0 Å². The highest BCUT2D eigenvalue weighted by Crippen LogP contribution is 2.35. The summed E-state index contributed by atoms with van der Waals surface area (Å²) < 4.78 is 5.87. The highest BCUT2D eigenvalue weighted by atomic mass is 16.5. The summed E-state index contributed by atoms with van der Waals surface area (Å²) in [5, 5.41) is 2.90. The van der Waals surface area contributed by atoms with Crippen LogP contribution in [0.1, 0.15) is 58.2 Å². The number of hydrogen-bond acceptors (Lipinski definition) is 2. The molecule has 0 spiro atoms. The fourth-order valence-corrected chi connectivity index (χ4v) is 2.70. The maximum atomic E-state index is 12.1. The molecule has 2 aromatic carbocycles. The zero-order valence-corrected chi connectivity index (χ0v) is 16.8. The molecule has 0 saturated heterocycles. The second-order valence-electron chi connectivity index (χ2n) is 8.76. The summed E-state index contributed by atoms with van der Waals surface area (Å²) >= 11 is 0. The first-order valence-electron chi connectivity index (χ1n) is 9.16. The molecule has 1 amide bonds. The minimum atomic E-state index is -0.117. The number of benzene rings is 2. The summed E-state index contributed by atoms with van der Waals surface area (Å²) in [6.07, 6.45) is 0. The standard InChI is InChI=1S/C23H31NO2/c1-22(2,3)18-12-13-20(19(14-18)23(4,5)6)26-16-21(25)24-15-17-10-8-7-9-11-17/h7-14H,15-16H2,1-6H3,(H,24,25).